The van der Waals surface area contributed by atoms with E-state index in [4.69, 9.17) is 21.1 Å². The quantitative estimate of drug-likeness (QED) is 0.889. The Kier molecular flexibility index (Phi) is 5.28. The van der Waals surface area contributed by atoms with E-state index in [2.05, 4.69) is 5.32 Å². The Balaban J connectivity index is 2.28. The van der Waals surface area contributed by atoms with Crippen molar-refractivity contribution in [2.75, 3.05) is 12.4 Å². The second-order valence-electron chi connectivity index (χ2n) is 4.98. The number of methoxy groups -OCH3 is 1. The summed E-state index contributed by atoms with van der Waals surface area (Å²) in [5.74, 6) is 0.609. The third-order valence-electron chi connectivity index (χ3n) is 2.88. The highest BCUT2D eigenvalue weighted by Gasteiger charge is 2.17. The van der Waals surface area contributed by atoms with E-state index in [1.165, 1.54) is 7.11 Å². The van der Waals surface area contributed by atoms with Gasteiger partial charge in [0.15, 0.2) is 11.5 Å². The van der Waals surface area contributed by atoms with Crippen LogP contribution >= 0.6 is 11.6 Å². The average molecular weight is 320 g/mol. The molecule has 2 rings (SSSR count). The Morgan fingerprint density at radius 1 is 1.18 bits per heavy atom. The van der Waals surface area contributed by atoms with Crippen molar-refractivity contribution in [2.24, 2.45) is 0 Å². The zero-order valence-electron chi connectivity index (χ0n) is 12.7. The fourth-order valence-electron chi connectivity index (χ4n) is 1.93. The summed E-state index contributed by atoms with van der Waals surface area (Å²) in [4.78, 5) is 12.3. The largest absolute Gasteiger partial charge is 0.493 e. The van der Waals surface area contributed by atoms with Gasteiger partial charge in [0.1, 0.15) is 0 Å². The Labute approximate surface area is 135 Å². The summed E-state index contributed by atoms with van der Waals surface area (Å²) in [6.45, 7) is 3.79. The molecule has 22 heavy (non-hydrogen) atoms. The Morgan fingerprint density at radius 3 is 2.45 bits per heavy atom. The highest BCUT2D eigenvalue weighted by Crippen LogP contribution is 2.37. The van der Waals surface area contributed by atoms with Crippen molar-refractivity contribution in [3.63, 3.8) is 0 Å². The molecule has 0 fully saturated rings. The summed E-state index contributed by atoms with van der Waals surface area (Å²) in [7, 11) is 1.51. The first-order chi connectivity index (χ1) is 10.5. The number of carbonyl (C=O) groups excluding carboxylic acids is 1. The van der Waals surface area contributed by atoms with Crippen LogP contribution in [0, 0.1) is 0 Å². The summed E-state index contributed by atoms with van der Waals surface area (Å²) in [6.07, 6.45) is -0.0459. The van der Waals surface area contributed by atoms with Crippen LogP contribution in [0.15, 0.2) is 42.5 Å². The number of amides is 1. The van der Waals surface area contributed by atoms with Crippen LogP contribution in [0.4, 0.5) is 5.69 Å². The number of anilines is 1. The Hall–Kier alpha value is -2.20. The van der Waals surface area contributed by atoms with Gasteiger partial charge in [-0.15, -0.1) is 0 Å². The van der Waals surface area contributed by atoms with Gasteiger partial charge in [0.25, 0.3) is 5.91 Å². The molecule has 0 unspecified atom stereocenters. The predicted octanol–water partition coefficient (Wildman–Crippen LogP) is 4.39. The fourth-order valence-corrected chi connectivity index (χ4v) is 2.18. The van der Waals surface area contributed by atoms with Gasteiger partial charge in [0, 0.05) is 11.3 Å². The minimum Gasteiger partial charge on any atom is -0.493 e. The maximum atomic E-state index is 12.3. The molecule has 2 aromatic rings. The van der Waals surface area contributed by atoms with Crippen LogP contribution in [-0.2, 0) is 0 Å². The van der Waals surface area contributed by atoms with Crippen molar-refractivity contribution < 1.29 is 14.3 Å². The molecule has 1 amide bonds. The lowest BCUT2D eigenvalue weighted by molar-refractivity contribution is 0.102. The SMILES string of the molecule is COc1cc(C(=O)Nc2ccccc2)cc(Cl)c1OC(C)C. The predicted molar refractivity (Wildman–Crippen MR) is 88.2 cm³/mol. The molecular formula is C17H18ClNO3. The minimum atomic E-state index is -0.262. The highest BCUT2D eigenvalue weighted by molar-refractivity contribution is 6.32. The van der Waals surface area contributed by atoms with Gasteiger partial charge in [-0.05, 0) is 38.1 Å². The van der Waals surface area contributed by atoms with Crippen LogP contribution in [0.25, 0.3) is 0 Å². The molecular weight excluding hydrogens is 302 g/mol. The summed E-state index contributed by atoms with van der Waals surface area (Å²) >= 11 is 6.22. The van der Waals surface area contributed by atoms with Crippen molar-refractivity contribution in [3.05, 3.63) is 53.1 Å². The van der Waals surface area contributed by atoms with Crippen LogP contribution in [-0.4, -0.2) is 19.1 Å². The van der Waals surface area contributed by atoms with Crippen molar-refractivity contribution in [2.45, 2.75) is 20.0 Å². The third-order valence-corrected chi connectivity index (χ3v) is 3.16. The normalized spacial score (nSPS) is 10.4. The second-order valence-corrected chi connectivity index (χ2v) is 5.38. The maximum absolute atomic E-state index is 12.3. The number of hydrogen-bond donors (Lipinski definition) is 1. The summed E-state index contributed by atoms with van der Waals surface area (Å²) in [5.41, 5.74) is 1.12. The van der Waals surface area contributed by atoms with Crippen molar-refractivity contribution in [1.82, 2.24) is 0 Å². The highest BCUT2D eigenvalue weighted by atomic mass is 35.5. The van der Waals surface area contributed by atoms with E-state index in [0.29, 0.717) is 27.8 Å². The summed E-state index contributed by atoms with van der Waals surface area (Å²) in [6, 6.07) is 12.4. The molecule has 4 nitrogen and oxygen atoms in total. The first-order valence-electron chi connectivity index (χ1n) is 6.92. The number of hydrogen-bond acceptors (Lipinski definition) is 3. The van der Waals surface area contributed by atoms with E-state index in [0.717, 1.165) is 0 Å². The molecule has 5 heteroatoms. The Morgan fingerprint density at radius 2 is 1.86 bits per heavy atom. The molecule has 0 aliphatic rings. The first-order valence-corrected chi connectivity index (χ1v) is 7.29. The van der Waals surface area contributed by atoms with Gasteiger partial charge in [-0.3, -0.25) is 4.79 Å². The summed E-state index contributed by atoms with van der Waals surface area (Å²) in [5, 5.41) is 3.14. The summed E-state index contributed by atoms with van der Waals surface area (Å²) < 4.78 is 10.9. The van der Waals surface area contributed by atoms with Crippen LogP contribution in [0.1, 0.15) is 24.2 Å². The minimum absolute atomic E-state index is 0.0459. The van der Waals surface area contributed by atoms with E-state index < -0.39 is 0 Å². The number of carbonyl (C=O) groups is 1. The van der Waals surface area contributed by atoms with Crippen LogP contribution in [0.5, 0.6) is 11.5 Å². The standard InChI is InChI=1S/C17H18ClNO3/c1-11(2)22-16-14(18)9-12(10-15(16)21-3)17(20)19-13-7-5-4-6-8-13/h4-11H,1-3H3,(H,19,20). The van der Waals surface area contributed by atoms with Gasteiger partial charge in [-0.25, -0.2) is 0 Å². The average Bonchev–Trinajstić information content (AvgIpc) is 2.49. The number of halogens is 1. The lowest BCUT2D eigenvalue weighted by atomic mass is 10.1. The monoisotopic (exact) mass is 319 g/mol. The van der Waals surface area contributed by atoms with E-state index in [1.807, 2.05) is 44.2 Å². The Bertz CT molecular complexity index is 656. The molecule has 1 N–H and O–H groups in total. The smallest absolute Gasteiger partial charge is 0.255 e. The number of nitrogens with one attached hydrogen (secondary N) is 1. The maximum Gasteiger partial charge on any atom is 0.255 e. The van der Waals surface area contributed by atoms with Crippen molar-refractivity contribution in [1.29, 1.82) is 0 Å². The van der Waals surface area contributed by atoms with Gasteiger partial charge in [0.2, 0.25) is 0 Å². The van der Waals surface area contributed by atoms with E-state index >= 15 is 0 Å². The molecule has 0 spiro atoms. The van der Waals surface area contributed by atoms with Crippen molar-refractivity contribution in [3.8, 4) is 11.5 Å². The molecule has 0 atom stereocenters. The molecule has 0 radical (unpaired) electrons. The fraction of sp³-hybridized carbons (Fsp3) is 0.235. The molecule has 116 valence electrons. The second kappa shape index (κ2) is 7.18. The zero-order valence-corrected chi connectivity index (χ0v) is 13.5. The van der Waals surface area contributed by atoms with Crippen LogP contribution in [0.2, 0.25) is 5.02 Å². The van der Waals surface area contributed by atoms with Gasteiger partial charge >= 0.3 is 0 Å². The van der Waals surface area contributed by atoms with E-state index in [-0.39, 0.29) is 12.0 Å². The van der Waals surface area contributed by atoms with Gasteiger partial charge in [-0.1, -0.05) is 29.8 Å². The molecule has 0 aliphatic carbocycles. The first kappa shape index (κ1) is 16.2. The molecule has 0 saturated carbocycles. The molecule has 0 saturated heterocycles. The van der Waals surface area contributed by atoms with Gasteiger partial charge in [-0.2, -0.15) is 0 Å². The van der Waals surface area contributed by atoms with Gasteiger partial charge < -0.3 is 14.8 Å². The molecule has 0 aliphatic heterocycles. The number of rotatable bonds is 5. The lowest BCUT2D eigenvalue weighted by Gasteiger charge is -2.16. The number of ether oxygens (including phenoxy) is 2. The topological polar surface area (TPSA) is 47.6 Å². The molecule has 2 aromatic carbocycles. The molecule has 0 aromatic heterocycles. The van der Waals surface area contributed by atoms with Gasteiger partial charge in [0.05, 0.1) is 18.2 Å². The third kappa shape index (κ3) is 3.92. The zero-order chi connectivity index (χ0) is 16.1. The van der Waals surface area contributed by atoms with Crippen molar-refractivity contribution >= 4 is 23.2 Å². The number of benzene rings is 2. The number of para-hydroxylation sites is 1. The van der Waals surface area contributed by atoms with Crippen LogP contribution < -0.4 is 14.8 Å². The van der Waals surface area contributed by atoms with Crippen LogP contribution in [0.3, 0.4) is 0 Å². The van der Waals surface area contributed by atoms with E-state index in [9.17, 15) is 4.79 Å². The molecule has 0 heterocycles. The lowest BCUT2D eigenvalue weighted by Crippen LogP contribution is -2.13. The molecule has 0 bridgehead atoms. The van der Waals surface area contributed by atoms with E-state index in [1.54, 1.807) is 12.1 Å².